The van der Waals surface area contributed by atoms with Crippen molar-refractivity contribution >= 4 is 32.7 Å². The largest absolute Gasteiger partial charge is 0.419 e. The quantitative estimate of drug-likeness (QED) is 0.600. The van der Waals surface area contributed by atoms with Crippen molar-refractivity contribution < 1.29 is 22.5 Å². The van der Waals surface area contributed by atoms with Crippen molar-refractivity contribution in [1.82, 2.24) is 9.04 Å². The summed E-state index contributed by atoms with van der Waals surface area (Å²) in [6.45, 7) is 0.160. The molecule has 3 aromatic rings. The molecule has 10 heteroatoms. The van der Waals surface area contributed by atoms with Crippen molar-refractivity contribution in [3.05, 3.63) is 59.1 Å². The number of rotatable bonds is 7. The number of nitrogens with zero attached hydrogens (tertiary/aromatic N) is 2. The Morgan fingerprint density at radius 3 is 2.54 bits per heavy atom. The fourth-order valence-electron chi connectivity index (χ4n) is 2.62. The predicted octanol–water partition coefficient (Wildman–Crippen LogP) is 1.81. The summed E-state index contributed by atoms with van der Waals surface area (Å²) >= 11 is 0. The van der Waals surface area contributed by atoms with Crippen molar-refractivity contribution in [3.8, 4) is 0 Å². The first-order valence-corrected chi connectivity index (χ1v) is 9.78. The van der Waals surface area contributed by atoms with Gasteiger partial charge in [-0.3, -0.25) is 14.2 Å². The van der Waals surface area contributed by atoms with Crippen LogP contribution in [0.15, 0.2) is 62.6 Å². The first-order chi connectivity index (χ1) is 13.3. The Morgan fingerprint density at radius 1 is 1.18 bits per heavy atom. The summed E-state index contributed by atoms with van der Waals surface area (Å²) in [4.78, 5) is 28.8. The summed E-state index contributed by atoms with van der Waals surface area (Å²) in [5.41, 5.74) is 1.52. The average molecular weight is 405 g/mol. The molecule has 0 aliphatic heterocycles. The van der Waals surface area contributed by atoms with E-state index >= 15 is 0 Å². The minimum absolute atomic E-state index is 0.0336. The lowest BCUT2D eigenvalue weighted by Crippen LogP contribution is -2.25. The molecule has 1 heterocycles. The van der Waals surface area contributed by atoms with Crippen molar-refractivity contribution in [1.29, 1.82) is 0 Å². The van der Waals surface area contributed by atoms with Crippen LogP contribution in [-0.4, -0.2) is 37.5 Å². The zero-order chi connectivity index (χ0) is 20.3. The van der Waals surface area contributed by atoms with Crippen LogP contribution in [0.2, 0.25) is 0 Å². The molecule has 3 rings (SSSR count). The number of amides is 1. The standard InChI is InChI=1S/C18H19N3O6S/c1-20(26-2)28(24,25)14-9-7-13(8-10-14)19-17(22)11-12-21-15-5-3-4-6-16(15)27-18(21)23/h3-10H,11-12H2,1-2H3,(H,19,22). The second-order valence-electron chi connectivity index (χ2n) is 5.91. The zero-order valence-corrected chi connectivity index (χ0v) is 16.1. The number of benzene rings is 2. The lowest BCUT2D eigenvalue weighted by atomic mass is 10.3. The van der Waals surface area contributed by atoms with Crippen LogP contribution in [-0.2, 0) is 26.2 Å². The lowest BCUT2D eigenvalue weighted by Gasteiger charge is -2.14. The first-order valence-electron chi connectivity index (χ1n) is 8.34. The molecule has 0 aliphatic carbocycles. The number of carbonyl (C=O) groups is 1. The normalized spacial score (nSPS) is 11.8. The minimum Gasteiger partial charge on any atom is -0.408 e. The Morgan fingerprint density at radius 2 is 1.86 bits per heavy atom. The molecule has 1 N–H and O–H groups in total. The number of nitrogens with one attached hydrogen (secondary N) is 1. The van der Waals surface area contributed by atoms with Crippen molar-refractivity contribution in [2.45, 2.75) is 17.9 Å². The number of sulfonamides is 1. The van der Waals surface area contributed by atoms with Gasteiger partial charge in [-0.05, 0) is 36.4 Å². The predicted molar refractivity (Wildman–Crippen MR) is 102 cm³/mol. The SMILES string of the molecule is CON(C)S(=O)(=O)c1ccc(NC(=O)CCn2c(=O)oc3ccccc32)cc1. The monoisotopic (exact) mass is 405 g/mol. The highest BCUT2D eigenvalue weighted by molar-refractivity contribution is 7.89. The third-order valence-corrected chi connectivity index (χ3v) is 5.86. The Kier molecular flexibility index (Phi) is 5.63. The molecule has 9 nitrogen and oxygen atoms in total. The van der Waals surface area contributed by atoms with E-state index in [0.29, 0.717) is 16.8 Å². The highest BCUT2D eigenvalue weighted by Crippen LogP contribution is 2.18. The number of hydrogen-bond donors (Lipinski definition) is 1. The van der Waals surface area contributed by atoms with Gasteiger partial charge >= 0.3 is 5.76 Å². The van der Waals surface area contributed by atoms with Crippen molar-refractivity contribution in [3.63, 3.8) is 0 Å². The molecule has 0 spiro atoms. The average Bonchev–Trinajstić information content (AvgIpc) is 3.01. The third kappa shape index (κ3) is 3.98. The molecule has 0 saturated heterocycles. The topological polar surface area (TPSA) is 111 Å². The highest BCUT2D eigenvalue weighted by atomic mass is 32.2. The van der Waals surface area contributed by atoms with Crippen LogP contribution in [0.4, 0.5) is 5.69 Å². The number of anilines is 1. The van der Waals surface area contributed by atoms with E-state index in [1.165, 1.54) is 43.0 Å². The van der Waals surface area contributed by atoms with Crippen LogP contribution in [0.3, 0.4) is 0 Å². The zero-order valence-electron chi connectivity index (χ0n) is 15.3. The molecular weight excluding hydrogens is 386 g/mol. The van der Waals surface area contributed by atoms with Gasteiger partial charge in [0.1, 0.15) is 0 Å². The fraction of sp³-hybridized carbons (Fsp3) is 0.222. The van der Waals surface area contributed by atoms with Gasteiger partial charge in [0.25, 0.3) is 10.0 Å². The molecule has 0 atom stereocenters. The molecule has 0 fully saturated rings. The number of hydroxylamine groups is 1. The first kappa shape index (κ1) is 19.8. The van der Waals surface area contributed by atoms with E-state index in [1.807, 2.05) is 0 Å². The van der Waals surface area contributed by atoms with Crippen molar-refractivity contribution in [2.75, 3.05) is 19.5 Å². The number of oxazole rings is 1. The van der Waals surface area contributed by atoms with E-state index in [1.54, 1.807) is 24.3 Å². The maximum absolute atomic E-state index is 12.2. The number of hydrogen-bond acceptors (Lipinski definition) is 6. The van der Waals surface area contributed by atoms with Gasteiger partial charge in [0, 0.05) is 25.7 Å². The maximum Gasteiger partial charge on any atom is 0.419 e. The van der Waals surface area contributed by atoms with Crippen LogP contribution >= 0.6 is 0 Å². The van der Waals surface area contributed by atoms with Gasteiger partial charge in [-0.1, -0.05) is 16.6 Å². The summed E-state index contributed by atoms with van der Waals surface area (Å²) in [5.74, 6) is -0.840. The molecule has 0 aliphatic rings. The molecule has 0 saturated carbocycles. The van der Waals surface area contributed by atoms with E-state index in [2.05, 4.69) is 5.32 Å². The Bertz CT molecular complexity index is 1150. The van der Waals surface area contributed by atoms with Gasteiger partial charge in [0.2, 0.25) is 5.91 Å². The summed E-state index contributed by atoms with van der Waals surface area (Å²) in [7, 11) is -1.21. The summed E-state index contributed by atoms with van der Waals surface area (Å²) < 4.78 is 31.5. The van der Waals surface area contributed by atoms with Gasteiger partial charge in [-0.15, -0.1) is 0 Å². The van der Waals surface area contributed by atoms with E-state index in [4.69, 9.17) is 9.25 Å². The molecule has 0 unspecified atom stereocenters. The maximum atomic E-state index is 12.2. The smallest absolute Gasteiger partial charge is 0.408 e. The van der Waals surface area contributed by atoms with Crippen molar-refractivity contribution in [2.24, 2.45) is 0 Å². The van der Waals surface area contributed by atoms with Crippen LogP contribution in [0.5, 0.6) is 0 Å². The second-order valence-corrected chi connectivity index (χ2v) is 7.84. The van der Waals surface area contributed by atoms with E-state index in [-0.39, 0.29) is 23.8 Å². The number of fused-ring (bicyclic) bond motifs is 1. The van der Waals surface area contributed by atoms with E-state index in [9.17, 15) is 18.0 Å². The van der Waals surface area contributed by atoms with Gasteiger partial charge in [0.15, 0.2) is 5.58 Å². The molecule has 28 heavy (non-hydrogen) atoms. The molecule has 0 bridgehead atoms. The molecule has 1 amide bonds. The molecular formula is C18H19N3O6S. The summed E-state index contributed by atoms with van der Waals surface area (Å²) in [6.07, 6.45) is 0.0515. The summed E-state index contributed by atoms with van der Waals surface area (Å²) in [6, 6.07) is 12.7. The Balaban J connectivity index is 1.65. The van der Waals surface area contributed by atoms with E-state index < -0.39 is 15.8 Å². The van der Waals surface area contributed by atoms with Crippen LogP contribution in [0, 0.1) is 0 Å². The highest BCUT2D eigenvalue weighted by Gasteiger charge is 2.20. The van der Waals surface area contributed by atoms with Gasteiger partial charge in [0.05, 0.1) is 17.5 Å². The van der Waals surface area contributed by atoms with Crippen LogP contribution in [0.25, 0.3) is 11.1 Å². The number of carbonyl (C=O) groups excluding carboxylic acids is 1. The Hall–Kier alpha value is -2.95. The van der Waals surface area contributed by atoms with Gasteiger partial charge in [-0.25, -0.2) is 13.2 Å². The van der Waals surface area contributed by atoms with Gasteiger partial charge in [-0.2, -0.15) is 0 Å². The van der Waals surface area contributed by atoms with Crippen LogP contribution < -0.4 is 11.1 Å². The molecule has 1 aromatic heterocycles. The third-order valence-electron chi connectivity index (χ3n) is 4.17. The number of para-hydroxylation sites is 2. The summed E-state index contributed by atoms with van der Waals surface area (Å²) in [5, 5.41) is 2.67. The number of aryl methyl sites for hydroxylation is 1. The second kappa shape index (κ2) is 7.97. The lowest BCUT2D eigenvalue weighted by molar-refractivity contribution is -0.116. The fourth-order valence-corrected chi connectivity index (χ4v) is 3.59. The minimum atomic E-state index is -3.75. The molecule has 0 radical (unpaired) electrons. The van der Waals surface area contributed by atoms with Gasteiger partial charge < -0.3 is 9.73 Å². The van der Waals surface area contributed by atoms with E-state index in [0.717, 1.165) is 4.47 Å². The Labute approximate surface area is 161 Å². The number of aromatic nitrogens is 1. The molecule has 2 aromatic carbocycles. The molecule has 148 valence electrons. The van der Waals surface area contributed by atoms with Crippen LogP contribution in [0.1, 0.15) is 6.42 Å².